The molecule has 0 spiro atoms. The lowest BCUT2D eigenvalue weighted by Crippen LogP contribution is -1.90. The van der Waals surface area contributed by atoms with Crippen LogP contribution in [-0.4, -0.2) is 16.0 Å². The summed E-state index contributed by atoms with van der Waals surface area (Å²) in [5.41, 5.74) is 2.24. The first-order valence-corrected chi connectivity index (χ1v) is 4.95. The average molecular weight is 218 g/mol. The minimum Gasteiger partial charge on any atom is -0.293 e. The molecule has 0 aliphatic heterocycles. The van der Waals surface area contributed by atoms with Crippen LogP contribution in [0.3, 0.4) is 0 Å². The van der Waals surface area contributed by atoms with Crippen LogP contribution in [0.4, 0.5) is 4.39 Å². The number of halogens is 1. The lowest BCUT2D eigenvalue weighted by molar-refractivity contribution is 0.101. The second kappa shape index (κ2) is 4.26. The van der Waals surface area contributed by atoms with Gasteiger partial charge < -0.3 is 0 Å². The molecule has 0 atom stereocenters. The summed E-state index contributed by atoms with van der Waals surface area (Å²) in [5, 5.41) is 6.67. The number of hydrogen-bond acceptors (Lipinski definition) is 2. The van der Waals surface area contributed by atoms with E-state index in [4.69, 9.17) is 0 Å². The molecule has 1 N–H and O–H groups in total. The summed E-state index contributed by atoms with van der Waals surface area (Å²) in [6.45, 7) is 1.47. The molecule has 0 amide bonds. The van der Waals surface area contributed by atoms with Gasteiger partial charge in [-0.2, -0.15) is 5.10 Å². The molecule has 1 aromatic carbocycles. The first-order valence-electron chi connectivity index (χ1n) is 4.95. The van der Waals surface area contributed by atoms with E-state index in [1.165, 1.54) is 19.1 Å². The van der Waals surface area contributed by atoms with Crippen LogP contribution in [0.1, 0.15) is 28.7 Å². The molecule has 0 radical (unpaired) electrons. The highest BCUT2D eigenvalue weighted by Gasteiger charge is 2.05. The highest BCUT2D eigenvalue weighted by molar-refractivity contribution is 5.92. The van der Waals surface area contributed by atoms with Crippen molar-refractivity contribution in [1.82, 2.24) is 10.2 Å². The Balaban J connectivity index is 2.14. The summed E-state index contributed by atoms with van der Waals surface area (Å²) in [6.07, 6.45) is 0.612. The lowest BCUT2D eigenvalue weighted by atomic mass is 10.1. The number of nitrogens with one attached hydrogen (secondary N) is 1. The Morgan fingerprint density at radius 1 is 1.38 bits per heavy atom. The number of hydrogen-bond donors (Lipinski definition) is 1. The number of aromatic amines is 1. The molecular weight excluding hydrogens is 207 g/mol. The second-order valence-electron chi connectivity index (χ2n) is 3.64. The summed E-state index contributed by atoms with van der Waals surface area (Å²) < 4.78 is 12.7. The van der Waals surface area contributed by atoms with Crippen LogP contribution in [0.5, 0.6) is 0 Å². The predicted molar refractivity (Wildman–Crippen MR) is 57.8 cm³/mol. The maximum absolute atomic E-state index is 12.7. The van der Waals surface area contributed by atoms with E-state index in [2.05, 4.69) is 10.2 Å². The van der Waals surface area contributed by atoms with Gasteiger partial charge in [0.25, 0.3) is 0 Å². The fourth-order valence-electron chi connectivity index (χ4n) is 1.45. The van der Waals surface area contributed by atoms with Crippen LogP contribution in [0.2, 0.25) is 0 Å². The normalized spacial score (nSPS) is 10.4. The molecule has 2 rings (SSSR count). The van der Waals surface area contributed by atoms with Crippen molar-refractivity contribution in [2.75, 3.05) is 0 Å². The number of carbonyl (C=O) groups is 1. The third-order valence-electron chi connectivity index (χ3n) is 2.30. The second-order valence-corrected chi connectivity index (χ2v) is 3.64. The van der Waals surface area contributed by atoms with E-state index in [0.717, 1.165) is 11.3 Å². The van der Waals surface area contributed by atoms with Gasteiger partial charge in [0.05, 0.1) is 0 Å². The number of rotatable bonds is 3. The Kier molecular flexibility index (Phi) is 2.81. The highest BCUT2D eigenvalue weighted by Crippen LogP contribution is 2.09. The number of H-pyrrole nitrogens is 1. The SMILES string of the molecule is CC(=O)c1cc(Cc2ccc(F)cc2)[nH]n1. The molecule has 0 saturated carbocycles. The monoisotopic (exact) mass is 218 g/mol. The zero-order valence-corrected chi connectivity index (χ0v) is 8.83. The zero-order valence-electron chi connectivity index (χ0n) is 8.83. The molecule has 3 nitrogen and oxygen atoms in total. The molecule has 0 unspecified atom stereocenters. The van der Waals surface area contributed by atoms with Gasteiger partial charge >= 0.3 is 0 Å². The molecule has 4 heteroatoms. The van der Waals surface area contributed by atoms with Crippen LogP contribution in [-0.2, 0) is 6.42 Å². The lowest BCUT2D eigenvalue weighted by Gasteiger charge is -1.97. The van der Waals surface area contributed by atoms with Crippen molar-refractivity contribution in [1.29, 1.82) is 0 Å². The van der Waals surface area contributed by atoms with Crippen molar-refractivity contribution >= 4 is 5.78 Å². The van der Waals surface area contributed by atoms with Gasteiger partial charge in [-0.15, -0.1) is 0 Å². The molecular formula is C12H11FN2O. The van der Waals surface area contributed by atoms with E-state index < -0.39 is 0 Å². The molecule has 2 aromatic rings. The molecule has 1 heterocycles. The van der Waals surface area contributed by atoms with Gasteiger partial charge in [-0.1, -0.05) is 12.1 Å². The molecule has 0 aliphatic carbocycles. The van der Waals surface area contributed by atoms with Crippen LogP contribution in [0, 0.1) is 5.82 Å². The molecule has 1 aromatic heterocycles. The van der Waals surface area contributed by atoms with Gasteiger partial charge in [-0.25, -0.2) is 4.39 Å². The standard InChI is InChI=1S/C12H11FN2O/c1-8(16)12-7-11(14-15-12)6-9-2-4-10(13)5-3-9/h2-5,7H,6H2,1H3,(H,14,15). The van der Waals surface area contributed by atoms with Gasteiger partial charge in [0.15, 0.2) is 5.78 Å². The summed E-state index contributed by atoms with van der Waals surface area (Å²) in [6, 6.07) is 7.97. The summed E-state index contributed by atoms with van der Waals surface area (Å²) >= 11 is 0. The van der Waals surface area contributed by atoms with E-state index in [-0.39, 0.29) is 11.6 Å². The van der Waals surface area contributed by atoms with Crippen molar-refractivity contribution < 1.29 is 9.18 Å². The number of benzene rings is 1. The summed E-state index contributed by atoms with van der Waals surface area (Å²) in [7, 11) is 0. The van der Waals surface area contributed by atoms with Gasteiger partial charge in [0.2, 0.25) is 0 Å². The quantitative estimate of drug-likeness (QED) is 0.804. The third kappa shape index (κ3) is 2.34. The highest BCUT2D eigenvalue weighted by atomic mass is 19.1. The number of aromatic nitrogens is 2. The van der Waals surface area contributed by atoms with Crippen molar-refractivity contribution in [2.24, 2.45) is 0 Å². The van der Waals surface area contributed by atoms with E-state index in [1.807, 2.05) is 0 Å². The molecule has 0 saturated heterocycles. The first kappa shape index (κ1) is 10.5. The van der Waals surface area contributed by atoms with E-state index in [9.17, 15) is 9.18 Å². The minimum atomic E-state index is -0.252. The molecule has 16 heavy (non-hydrogen) atoms. The maximum atomic E-state index is 12.7. The third-order valence-corrected chi connectivity index (χ3v) is 2.30. The van der Waals surface area contributed by atoms with Crippen LogP contribution >= 0.6 is 0 Å². The molecule has 0 fully saturated rings. The number of ketones is 1. The van der Waals surface area contributed by atoms with Gasteiger partial charge in [0, 0.05) is 19.0 Å². The van der Waals surface area contributed by atoms with Crippen molar-refractivity contribution in [2.45, 2.75) is 13.3 Å². The first-order chi connectivity index (χ1) is 7.65. The summed E-state index contributed by atoms with van der Waals surface area (Å²) in [4.78, 5) is 11.0. The Hall–Kier alpha value is -1.97. The predicted octanol–water partition coefficient (Wildman–Crippen LogP) is 2.34. The van der Waals surface area contributed by atoms with Crippen LogP contribution in [0.15, 0.2) is 30.3 Å². The van der Waals surface area contributed by atoms with E-state index in [1.54, 1.807) is 18.2 Å². The maximum Gasteiger partial charge on any atom is 0.179 e. The Bertz CT molecular complexity index is 502. The number of nitrogens with zero attached hydrogens (tertiary/aromatic N) is 1. The minimum absolute atomic E-state index is 0.0680. The zero-order chi connectivity index (χ0) is 11.5. The fraction of sp³-hybridized carbons (Fsp3) is 0.167. The van der Waals surface area contributed by atoms with Crippen LogP contribution in [0.25, 0.3) is 0 Å². The molecule has 82 valence electrons. The van der Waals surface area contributed by atoms with Crippen molar-refractivity contribution in [3.8, 4) is 0 Å². The van der Waals surface area contributed by atoms with Crippen molar-refractivity contribution in [3.05, 3.63) is 53.1 Å². The largest absolute Gasteiger partial charge is 0.293 e. The van der Waals surface area contributed by atoms with Crippen LogP contribution < -0.4 is 0 Å². The number of carbonyl (C=O) groups excluding carboxylic acids is 1. The molecule has 0 aliphatic rings. The topological polar surface area (TPSA) is 45.8 Å². The Labute approximate surface area is 92.3 Å². The summed E-state index contributed by atoms with van der Waals surface area (Å²) in [5.74, 6) is -0.320. The smallest absolute Gasteiger partial charge is 0.179 e. The average Bonchev–Trinajstić information content (AvgIpc) is 2.70. The van der Waals surface area contributed by atoms with Gasteiger partial charge in [-0.3, -0.25) is 9.89 Å². The fourth-order valence-corrected chi connectivity index (χ4v) is 1.45. The van der Waals surface area contributed by atoms with Gasteiger partial charge in [-0.05, 0) is 23.8 Å². The Morgan fingerprint density at radius 3 is 2.62 bits per heavy atom. The van der Waals surface area contributed by atoms with Crippen molar-refractivity contribution in [3.63, 3.8) is 0 Å². The van der Waals surface area contributed by atoms with Gasteiger partial charge in [0.1, 0.15) is 11.5 Å². The number of Topliss-reactive ketones (excluding diaryl/α,β-unsaturated/α-hetero) is 1. The van der Waals surface area contributed by atoms with E-state index >= 15 is 0 Å². The van der Waals surface area contributed by atoms with E-state index in [0.29, 0.717) is 12.1 Å². The molecule has 0 bridgehead atoms. The Morgan fingerprint density at radius 2 is 2.06 bits per heavy atom.